The lowest BCUT2D eigenvalue weighted by Crippen LogP contribution is -2.24. The van der Waals surface area contributed by atoms with Crippen LogP contribution in [0.15, 0.2) is 60.0 Å². The van der Waals surface area contributed by atoms with E-state index in [1.54, 1.807) is 13.0 Å². The van der Waals surface area contributed by atoms with Crippen molar-refractivity contribution in [3.63, 3.8) is 0 Å². The fraction of sp³-hybridized carbons (Fsp3) is 0.167. The third kappa shape index (κ3) is 4.69. The van der Waals surface area contributed by atoms with Crippen LogP contribution in [0.3, 0.4) is 0 Å². The number of ether oxygens (including phenoxy) is 1. The van der Waals surface area contributed by atoms with Crippen LogP contribution in [-0.2, 0) is 14.8 Å². The normalized spacial score (nSPS) is 12.2. The molecule has 0 aliphatic rings. The van der Waals surface area contributed by atoms with E-state index in [0.717, 1.165) is 24.3 Å². The van der Waals surface area contributed by atoms with Crippen molar-refractivity contribution in [1.29, 1.82) is 0 Å². The summed E-state index contributed by atoms with van der Waals surface area (Å²) in [7, 11) is -2.61. The molecular formula is C18H18FN5O4S. The van der Waals surface area contributed by atoms with Gasteiger partial charge in [0.15, 0.2) is 0 Å². The lowest BCUT2D eigenvalue weighted by Gasteiger charge is -2.15. The number of carbonyl (C=O) groups is 1. The summed E-state index contributed by atoms with van der Waals surface area (Å²) in [5.41, 5.74) is 0.461. The Bertz CT molecular complexity index is 1100. The predicted octanol–water partition coefficient (Wildman–Crippen LogP) is 2.43. The number of benzene rings is 2. The van der Waals surface area contributed by atoms with E-state index in [0.29, 0.717) is 5.69 Å². The highest BCUT2D eigenvalue weighted by Gasteiger charge is 2.19. The van der Waals surface area contributed by atoms with Crippen LogP contribution in [0, 0.1) is 5.82 Å². The van der Waals surface area contributed by atoms with E-state index < -0.39 is 21.9 Å². The molecule has 3 rings (SSSR count). The Morgan fingerprint density at radius 1 is 1.21 bits per heavy atom. The Morgan fingerprint density at radius 2 is 1.93 bits per heavy atom. The molecule has 1 atom stereocenters. The van der Waals surface area contributed by atoms with Crippen LogP contribution >= 0.6 is 0 Å². The first-order chi connectivity index (χ1) is 13.8. The number of hydrogen-bond acceptors (Lipinski definition) is 6. The van der Waals surface area contributed by atoms with Gasteiger partial charge in [-0.15, -0.1) is 0 Å². The first-order valence-corrected chi connectivity index (χ1v) is 9.90. The summed E-state index contributed by atoms with van der Waals surface area (Å²) in [6, 6.07) is 8.27. The van der Waals surface area contributed by atoms with Crippen molar-refractivity contribution in [3.05, 3.63) is 60.9 Å². The number of sulfonamides is 1. The number of nitrogens with zero attached hydrogens (tertiary/aromatic N) is 3. The highest BCUT2D eigenvalue weighted by atomic mass is 32.2. The summed E-state index contributed by atoms with van der Waals surface area (Å²) in [5.74, 6) is -0.668. The smallest absolute Gasteiger partial charge is 0.262 e. The minimum atomic E-state index is -3.99. The molecule has 1 unspecified atom stereocenters. The van der Waals surface area contributed by atoms with E-state index in [-0.39, 0.29) is 22.2 Å². The Kier molecular flexibility index (Phi) is 5.78. The molecular weight excluding hydrogens is 401 g/mol. The van der Waals surface area contributed by atoms with Crippen LogP contribution in [-0.4, -0.2) is 36.2 Å². The van der Waals surface area contributed by atoms with E-state index >= 15 is 0 Å². The molecule has 0 fully saturated rings. The largest absolute Gasteiger partial charge is 0.495 e. The van der Waals surface area contributed by atoms with Crippen molar-refractivity contribution in [3.8, 4) is 5.75 Å². The maximum atomic E-state index is 13.1. The standard InChI is InChI=1S/C18H18FN5O4S/c1-12(24-11-20-10-21-24)18(25)22-14-5-8-17(28-2)16(9-14)23-29(26,27)15-6-3-13(19)4-7-15/h3-12,23H,1-2H3,(H,22,25). The number of amides is 1. The molecule has 2 N–H and O–H groups in total. The Hall–Kier alpha value is -3.47. The van der Waals surface area contributed by atoms with Crippen LogP contribution in [0.25, 0.3) is 0 Å². The van der Waals surface area contributed by atoms with E-state index in [4.69, 9.17) is 4.74 Å². The van der Waals surface area contributed by atoms with Crippen LogP contribution in [0.1, 0.15) is 13.0 Å². The Balaban J connectivity index is 1.83. The van der Waals surface area contributed by atoms with Gasteiger partial charge in [0.25, 0.3) is 10.0 Å². The molecule has 0 radical (unpaired) electrons. The van der Waals surface area contributed by atoms with Gasteiger partial charge >= 0.3 is 0 Å². The van der Waals surface area contributed by atoms with Crippen LogP contribution in [0.5, 0.6) is 5.75 Å². The summed E-state index contributed by atoms with van der Waals surface area (Å²) in [5, 5.41) is 6.61. The zero-order chi connectivity index (χ0) is 21.0. The Morgan fingerprint density at radius 3 is 2.55 bits per heavy atom. The fourth-order valence-corrected chi connectivity index (χ4v) is 3.53. The average Bonchev–Trinajstić information content (AvgIpc) is 3.22. The van der Waals surface area contributed by atoms with Gasteiger partial charge in [-0.05, 0) is 49.4 Å². The maximum Gasteiger partial charge on any atom is 0.262 e. The second-order valence-corrected chi connectivity index (χ2v) is 7.70. The van der Waals surface area contributed by atoms with Crippen molar-refractivity contribution < 1.29 is 22.3 Å². The number of methoxy groups -OCH3 is 1. The molecule has 0 aliphatic carbocycles. The van der Waals surface area contributed by atoms with Gasteiger partial charge in [0.05, 0.1) is 17.7 Å². The molecule has 3 aromatic rings. The third-order valence-electron chi connectivity index (χ3n) is 4.05. The zero-order valence-electron chi connectivity index (χ0n) is 15.5. The highest BCUT2D eigenvalue weighted by molar-refractivity contribution is 7.92. The quantitative estimate of drug-likeness (QED) is 0.608. The van der Waals surface area contributed by atoms with Crippen molar-refractivity contribution in [2.75, 3.05) is 17.1 Å². The third-order valence-corrected chi connectivity index (χ3v) is 5.43. The van der Waals surface area contributed by atoms with Gasteiger partial charge in [0, 0.05) is 5.69 Å². The topological polar surface area (TPSA) is 115 Å². The molecule has 29 heavy (non-hydrogen) atoms. The Labute approximate surface area is 166 Å². The number of anilines is 2. The number of hydrogen-bond donors (Lipinski definition) is 2. The van der Waals surface area contributed by atoms with Crippen molar-refractivity contribution in [2.45, 2.75) is 17.9 Å². The number of nitrogens with one attached hydrogen (secondary N) is 2. The van der Waals surface area contributed by atoms with Gasteiger partial charge in [-0.2, -0.15) is 5.10 Å². The molecule has 11 heteroatoms. The molecule has 1 heterocycles. The van der Waals surface area contributed by atoms with E-state index in [9.17, 15) is 17.6 Å². The van der Waals surface area contributed by atoms with Gasteiger partial charge < -0.3 is 10.1 Å². The SMILES string of the molecule is COc1ccc(NC(=O)C(C)n2cncn2)cc1NS(=O)(=O)c1ccc(F)cc1. The second-order valence-electron chi connectivity index (χ2n) is 6.02. The molecule has 9 nitrogen and oxygen atoms in total. The van der Waals surface area contributed by atoms with Gasteiger partial charge in [-0.3, -0.25) is 9.52 Å². The predicted molar refractivity (Wildman–Crippen MR) is 104 cm³/mol. The molecule has 0 saturated carbocycles. The number of rotatable bonds is 7. The van der Waals surface area contributed by atoms with Crippen LogP contribution in [0.4, 0.5) is 15.8 Å². The van der Waals surface area contributed by atoms with Crippen LogP contribution in [0.2, 0.25) is 0 Å². The number of carbonyl (C=O) groups excluding carboxylic acids is 1. The zero-order valence-corrected chi connectivity index (χ0v) is 16.4. The minimum Gasteiger partial charge on any atom is -0.495 e. The van der Waals surface area contributed by atoms with Gasteiger partial charge in [0.2, 0.25) is 5.91 Å². The summed E-state index contributed by atoms with van der Waals surface area (Å²) >= 11 is 0. The van der Waals surface area contributed by atoms with E-state index in [2.05, 4.69) is 20.1 Å². The van der Waals surface area contributed by atoms with Crippen LogP contribution < -0.4 is 14.8 Å². The molecule has 2 aromatic carbocycles. The molecule has 152 valence electrons. The minimum absolute atomic E-state index is 0.114. The monoisotopic (exact) mass is 419 g/mol. The molecule has 0 bridgehead atoms. The highest BCUT2D eigenvalue weighted by Crippen LogP contribution is 2.30. The molecule has 0 saturated heterocycles. The van der Waals surface area contributed by atoms with E-state index in [1.165, 1.54) is 36.6 Å². The first kappa shape index (κ1) is 20.3. The summed E-state index contributed by atoms with van der Waals surface area (Å²) < 4.78 is 47.2. The van der Waals surface area contributed by atoms with Gasteiger partial charge in [0.1, 0.15) is 30.3 Å². The lowest BCUT2D eigenvalue weighted by atomic mass is 10.2. The average molecular weight is 419 g/mol. The van der Waals surface area contributed by atoms with Gasteiger partial charge in [-0.25, -0.2) is 22.5 Å². The fourth-order valence-electron chi connectivity index (χ4n) is 2.47. The van der Waals surface area contributed by atoms with Crippen molar-refractivity contribution in [2.24, 2.45) is 0 Å². The first-order valence-electron chi connectivity index (χ1n) is 8.41. The molecule has 0 spiro atoms. The summed E-state index contributed by atoms with van der Waals surface area (Å²) in [6.45, 7) is 1.64. The maximum absolute atomic E-state index is 13.1. The van der Waals surface area contributed by atoms with Gasteiger partial charge in [-0.1, -0.05) is 0 Å². The number of aromatic nitrogens is 3. The molecule has 1 aromatic heterocycles. The molecule has 0 aliphatic heterocycles. The second kappa shape index (κ2) is 8.27. The summed E-state index contributed by atoms with van der Waals surface area (Å²) in [6.07, 6.45) is 2.74. The van der Waals surface area contributed by atoms with Crippen molar-refractivity contribution >= 4 is 27.3 Å². The number of halogens is 1. The van der Waals surface area contributed by atoms with E-state index in [1.807, 2.05) is 0 Å². The van der Waals surface area contributed by atoms with Crippen molar-refractivity contribution in [1.82, 2.24) is 14.8 Å². The summed E-state index contributed by atoms with van der Waals surface area (Å²) in [4.78, 5) is 16.1. The molecule has 1 amide bonds. The lowest BCUT2D eigenvalue weighted by molar-refractivity contribution is -0.119.